The molecular formula is C11H24O2. The Balaban J connectivity index is 0.000000252. The van der Waals surface area contributed by atoms with Crippen LogP contribution in [0.5, 0.6) is 0 Å². The van der Waals surface area contributed by atoms with Crippen molar-refractivity contribution in [3.05, 3.63) is 0 Å². The van der Waals surface area contributed by atoms with Gasteiger partial charge in [-0.25, -0.2) is 0 Å². The molecule has 0 aliphatic heterocycles. The second kappa shape index (κ2) is 7.34. The Hall–Kier alpha value is -0.0800. The van der Waals surface area contributed by atoms with Crippen LogP contribution in [0, 0.1) is 5.92 Å². The van der Waals surface area contributed by atoms with Gasteiger partial charge in [0.2, 0.25) is 0 Å². The van der Waals surface area contributed by atoms with Gasteiger partial charge in [0.25, 0.3) is 0 Å². The molecule has 2 N–H and O–H groups in total. The predicted octanol–water partition coefficient (Wildman–Crippen LogP) is 2.33. The summed E-state index contributed by atoms with van der Waals surface area (Å²) < 4.78 is 0. The van der Waals surface area contributed by atoms with E-state index in [-0.39, 0.29) is 12.2 Å². The Morgan fingerprint density at radius 2 is 1.23 bits per heavy atom. The first-order chi connectivity index (χ1) is 6.06. The monoisotopic (exact) mass is 188 g/mol. The van der Waals surface area contributed by atoms with Crippen molar-refractivity contribution in [2.75, 3.05) is 0 Å². The van der Waals surface area contributed by atoms with Crippen molar-refractivity contribution in [2.45, 2.75) is 65.1 Å². The highest BCUT2D eigenvalue weighted by Crippen LogP contribution is 2.17. The summed E-state index contributed by atoms with van der Waals surface area (Å²) in [5.41, 5.74) is 0. The molecule has 1 saturated carbocycles. The van der Waals surface area contributed by atoms with Crippen LogP contribution in [0.15, 0.2) is 0 Å². The van der Waals surface area contributed by atoms with Gasteiger partial charge in [-0.3, -0.25) is 0 Å². The Bertz CT molecular complexity index is 94.7. The zero-order valence-corrected chi connectivity index (χ0v) is 9.16. The van der Waals surface area contributed by atoms with Gasteiger partial charge in [-0.1, -0.05) is 27.2 Å². The summed E-state index contributed by atoms with van der Waals surface area (Å²) in [6, 6.07) is 0. The average Bonchev–Trinajstić information content (AvgIpc) is 2.11. The van der Waals surface area contributed by atoms with Crippen LogP contribution in [-0.2, 0) is 0 Å². The maximum absolute atomic E-state index is 8.92. The number of hydrogen-bond donors (Lipinski definition) is 2. The van der Waals surface area contributed by atoms with Gasteiger partial charge in [0.05, 0.1) is 12.2 Å². The predicted molar refractivity (Wildman–Crippen MR) is 55.6 cm³/mol. The van der Waals surface area contributed by atoms with E-state index in [1.807, 2.05) is 0 Å². The van der Waals surface area contributed by atoms with Crippen molar-refractivity contribution in [1.82, 2.24) is 0 Å². The van der Waals surface area contributed by atoms with Crippen molar-refractivity contribution in [3.8, 4) is 0 Å². The molecule has 80 valence electrons. The van der Waals surface area contributed by atoms with Gasteiger partial charge in [0.15, 0.2) is 0 Å². The first kappa shape index (κ1) is 12.9. The molecule has 0 spiro atoms. The maximum atomic E-state index is 8.92. The number of hydrogen-bond acceptors (Lipinski definition) is 2. The quantitative estimate of drug-likeness (QED) is 0.663. The maximum Gasteiger partial charge on any atom is 0.0542 e. The minimum atomic E-state index is -0.140. The van der Waals surface area contributed by atoms with Crippen LogP contribution in [0.25, 0.3) is 0 Å². The van der Waals surface area contributed by atoms with Crippen molar-refractivity contribution >= 4 is 0 Å². The third-order valence-corrected chi connectivity index (χ3v) is 2.48. The lowest BCUT2D eigenvalue weighted by atomic mass is 9.95. The SMILES string of the molecule is CCC(C)C.OC1CCC(O)CC1. The summed E-state index contributed by atoms with van der Waals surface area (Å²) in [6.45, 7) is 6.64. The standard InChI is InChI=1S/C6H12O2.C5H12/c7-5-1-2-6(8)4-3-5;1-4-5(2)3/h5-8H,1-4H2;5H,4H2,1-3H3. The van der Waals surface area contributed by atoms with E-state index < -0.39 is 0 Å². The van der Waals surface area contributed by atoms with Gasteiger partial charge in [0.1, 0.15) is 0 Å². The molecule has 0 bridgehead atoms. The summed E-state index contributed by atoms with van der Waals surface area (Å²) >= 11 is 0. The van der Waals surface area contributed by atoms with Gasteiger partial charge in [0, 0.05) is 0 Å². The van der Waals surface area contributed by atoms with Gasteiger partial charge in [-0.05, 0) is 31.6 Å². The Morgan fingerprint density at radius 1 is 1.00 bits per heavy atom. The van der Waals surface area contributed by atoms with Gasteiger partial charge < -0.3 is 10.2 Å². The van der Waals surface area contributed by atoms with E-state index in [9.17, 15) is 0 Å². The van der Waals surface area contributed by atoms with Crippen LogP contribution >= 0.6 is 0 Å². The molecule has 0 heterocycles. The number of rotatable bonds is 1. The molecule has 0 radical (unpaired) electrons. The lowest BCUT2D eigenvalue weighted by Gasteiger charge is -2.20. The van der Waals surface area contributed by atoms with Crippen molar-refractivity contribution in [1.29, 1.82) is 0 Å². The minimum Gasteiger partial charge on any atom is -0.393 e. The van der Waals surface area contributed by atoms with Crippen LogP contribution in [0.4, 0.5) is 0 Å². The number of aliphatic hydroxyl groups excluding tert-OH is 2. The molecule has 0 unspecified atom stereocenters. The molecule has 2 nitrogen and oxygen atoms in total. The van der Waals surface area contributed by atoms with Crippen LogP contribution in [-0.4, -0.2) is 22.4 Å². The highest BCUT2D eigenvalue weighted by molar-refractivity contribution is 4.69. The minimum absolute atomic E-state index is 0.140. The smallest absolute Gasteiger partial charge is 0.0542 e. The highest BCUT2D eigenvalue weighted by atomic mass is 16.3. The van der Waals surface area contributed by atoms with Crippen LogP contribution in [0.2, 0.25) is 0 Å². The van der Waals surface area contributed by atoms with Crippen LogP contribution < -0.4 is 0 Å². The molecule has 0 amide bonds. The Kier molecular flexibility index (Phi) is 7.29. The molecule has 0 atom stereocenters. The summed E-state index contributed by atoms with van der Waals surface area (Å²) in [5.74, 6) is 0.884. The van der Waals surface area contributed by atoms with Gasteiger partial charge in [-0.15, -0.1) is 0 Å². The van der Waals surface area contributed by atoms with Crippen LogP contribution in [0.1, 0.15) is 52.9 Å². The van der Waals surface area contributed by atoms with E-state index in [4.69, 9.17) is 10.2 Å². The van der Waals surface area contributed by atoms with E-state index in [1.54, 1.807) is 0 Å². The number of aliphatic hydroxyl groups is 2. The molecule has 0 saturated heterocycles. The Morgan fingerprint density at radius 3 is 1.38 bits per heavy atom. The third-order valence-electron chi connectivity index (χ3n) is 2.48. The highest BCUT2D eigenvalue weighted by Gasteiger charge is 2.15. The lowest BCUT2D eigenvalue weighted by Crippen LogP contribution is -2.21. The normalized spacial score (nSPS) is 28.2. The second-order valence-electron chi connectivity index (χ2n) is 4.26. The molecule has 1 fully saturated rings. The fourth-order valence-electron chi connectivity index (χ4n) is 1.06. The van der Waals surface area contributed by atoms with E-state index >= 15 is 0 Å². The topological polar surface area (TPSA) is 40.5 Å². The summed E-state index contributed by atoms with van der Waals surface area (Å²) in [6.07, 6.45) is 4.14. The van der Waals surface area contributed by atoms with E-state index in [1.165, 1.54) is 6.42 Å². The van der Waals surface area contributed by atoms with E-state index in [0.717, 1.165) is 31.6 Å². The zero-order chi connectivity index (χ0) is 10.3. The van der Waals surface area contributed by atoms with Gasteiger partial charge in [-0.2, -0.15) is 0 Å². The molecule has 1 aliphatic carbocycles. The zero-order valence-electron chi connectivity index (χ0n) is 9.16. The Labute approximate surface area is 82.0 Å². The lowest BCUT2D eigenvalue weighted by molar-refractivity contribution is 0.0541. The molecule has 0 aromatic carbocycles. The molecule has 1 aliphatic rings. The first-order valence-corrected chi connectivity index (χ1v) is 5.42. The molecule has 0 aromatic heterocycles. The summed E-state index contributed by atoms with van der Waals surface area (Å²) in [5, 5.41) is 17.8. The van der Waals surface area contributed by atoms with Crippen molar-refractivity contribution in [2.24, 2.45) is 5.92 Å². The van der Waals surface area contributed by atoms with Crippen molar-refractivity contribution in [3.63, 3.8) is 0 Å². The largest absolute Gasteiger partial charge is 0.393 e. The summed E-state index contributed by atoms with van der Waals surface area (Å²) in [4.78, 5) is 0. The second-order valence-corrected chi connectivity index (χ2v) is 4.26. The fourth-order valence-corrected chi connectivity index (χ4v) is 1.06. The first-order valence-electron chi connectivity index (χ1n) is 5.42. The third kappa shape index (κ3) is 8.26. The van der Waals surface area contributed by atoms with Gasteiger partial charge >= 0.3 is 0 Å². The molecule has 0 aromatic rings. The van der Waals surface area contributed by atoms with E-state index in [2.05, 4.69) is 20.8 Å². The molecule has 13 heavy (non-hydrogen) atoms. The van der Waals surface area contributed by atoms with E-state index in [0.29, 0.717) is 0 Å². The molecular weight excluding hydrogens is 164 g/mol. The van der Waals surface area contributed by atoms with Crippen LogP contribution in [0.3, 0.4) is 0 Å². The summed E-state index contributed by atoms with van der Waals surface area (Å²) in [7, 11) is 0. The fraction of sp³-hybridized carbons (Fsp3) is 1.00. The average molecular weight is 188 g/mol. The van der Waals surface area contributed by atoms with Crippen molar-refractivity contribution < 1.29 is 10.2 Å². The molecule has 1 rings (SSSR count). The molecule has 2 heteroatoms.